The molecule has 2 aromatic rings. The van der Waals surface area contributed by atoms with Crippen LogP contribution in [0.5, 0.6) is 11.9 Å². The van der Waals surface area contributed by atoms with Crippen LogP contribution >= 0.6 is 0 Å². The summed E-state index contributed by atoms with van der Waals surface area (Å²) in [7, 11) is 1.77. The van der Waals surface area contributed by atoms with E-state index in [0.717, 1.165) is 5.69 Å². The van der Waals surface area contributed by atoms with Gasteiger partial charge in [0.05, 0.1) is 11.4 Å². The van der Waals surface area contributed by atoms with E-state index >= 15 is 0 Å². The predicted octanol–water partition coefficient (Wildman–Crippen LogP) is 0.893. The molecule has 0 amide bonds. The highest BCUT2D eigenvalue weighted by atomic mass is 16.5. The monoisotopic (exact) mass is 205 g/mol. The number of rotatable bonds is 2. The Labute approximate surface area is 86.7 Å². The Balaban J connectivity index is 2.21. The average molecular weight is 205 g/mol. The molecule has 2 heterocycles. The molecule has 0 unspecified atom stereocenters. The summed E-state index contributed by atoms with van der Waals surface area (Å²) >= 11 is 0. The molecule has 0 aliphatic carbocycles. The maximum Gasteiger partial charge on any atom is 0.342 e. The maximum atomic E-state index is 5.63. The van der Waals surface area contributed by atoms with Crippen molar-refractivity contribution in [3.63, 3.8) is 0 Å². The number of anilines is 1. The van der Waals surface area contributed by atoms with Crippen LogP contribution in [0, 0.1) is 6.92 Å². The van der Waals surface area contributed by atoms with Gasteiger partial charge in [-0.3, -0.25) is 4.68 Å². The normalized spacial score (nSPS) is 10.3. The van der Waals surface area contributed by atoms with E-state index in [1.54, 1.807) is 30.2 Å². The minimum atomic E-state index is 0.272. The van der Waals surface area contributed by atoms with Gasteiger partial charge in [0.25, 0.3) is 0 Å². The van der Waals surface area contributed by atoms with Gasteiger partial charge in [-0.2, -0.15) is 4.98 Å². The first-order valence-electron chi connectivity index (χ1n) is 4.42. The van der Waals surface area contributed by atoms with E-state index in [1.807, 2.05) is 6.92 Å². The number of nitrogens with zero attached hydrogens (tertiary/aromatic N) is 4. The zero-order valence-corrected chi connectivity index (χ0v) is 8.51. The van der Waals surface area contributed by atoms with Crippen molar-refractivity contribution < 1.29 is 4.74 Å². The van der Waals surface area contributed by atoms with Crippen LogP contribution in [-0.2, 0) is 7.05 Å². The lowest BCUT2D eigenvalue weighted by atomic mass is 10.3. The van der Waals surface area contributed by atoms with Crippen LogP contribution in [0.4, 0.5) is 5.69 Å². The van der Waals surface area contributed by atoms with Gasteiger partial charge in [0.1, 0.15) is 6.33 Å². The number of nitrogens with two attached hydrogens (primary N) is 1. The van der Waals surface area contributed by atoms with Gasteiger partial charge >= 0.3 is 6.01 Å². The molecule has 6 heteroatoms. The molecular weight excluding hydrogens is 194 g/mol. The van der Waals surface area contributed by atoms with Gasteiger partial charge in [0.15, 0.2) is 0 Å². The van der Waals surface area contributed by atoms with Crippen molar-refractivity contribution in [2.75, 3.05) is 5.73 Å². The number of aryl methyl sites for hydroxylation is 2. The minimum Gasteiger partial charge on any atom is -0.404 e. The molecule has 2 N–H and O–H groups in total. The van der Waals surface area contributed by atoms with Crippen LogP contribution in [0.2, 0.25) is 0 Å². The molecule has 0 bridgehead atoms. The van der Waals surface area contributed by atoms with Crippen LogP contribution in [0.3, 0.4) is 0 Å². The molecule has 2 aromatic heterocycles. The molecular formula is C9H11N5O. The lowest BCUT2D eigenvalue weighted by molar-refractivity contribution is 0.422. The zero-order valence-electron chi connectivity index (χ0n) is 8.51. The van der Waals surface area contributed by atoms with E-state index in [2.05, 4.69) is 15.1 Å². The van der Waals surface area contributed by atoms with E-state index in [1.165, 1.54) is 0 Å². The first-order chi connectivity index (χ1) is 7.15. The van der Waals surface area contributed by atoms with Gasteiger partial charge in [-0.15, -0.1) is 5.10 Å². The topological polar surface area (TPSA) is 78.9 Å². The molecule has 0 aromatic carbocycles. The highest BCUT2D eigenvalue weighted by Gasteiger charge is 2.04. The molecule has 78 valence electrons. The van der Waals surface area contributed by atoms with Gasteiger partial charge < -0.3 is 10.5 Å². The van der Waals surface area contributed by atoms with E-state index < -0.39 is 0 Å². The number of pyridine rings is 1. The van der Waals surface area contributed by atoms with Crippen molar-refractivity contribution in [2.45, 2.75) is 6.92 Å². The molecule has 0 spiro atoms. The fourth-order valence-electron chi connectivity index (χ4n) is 1.07. The molecule has 2 rings (SSSR count). The Morgan fingerprint density at radius 2 is 2.20 bits per heavy atom. The van der Waals surface area contributed by atoms with Crippen molar-refractivity contribution >= 4 is 5.69 Å². The fraction of sp³-hybridized carbons (Fsp3) is 0.222. The van der Waals surface area contributed by atoms with E-state index in [9.17, 15) is 0 Å². The standard InChI is InChI=1S/C9H11N5O/c1-6-7(10)3-4-8(12-6)15-9-11-5-14(2)13-9/h3-5H,10H2,1-2H3. The Bertz CT molecular complexity index is 479. The summed E-state index contributed by atoms with van der Waals surface area (Å²) < 4.78 is 6.88. The molecule has 0 atom stereocenters. The molecule has 15 heavy (non-hydrogen) atoms. The highest BCUT2D eigenvalue weighted by molar-refractivity contribution is 5.43. The van der Waals surface area contributed by atoms with Crippen molar-refractivity contribution in [2.24, 2.45) is 7.05 Å². The Morgan fingerprint density at radius 3 is 2.80 bits per heavy atom. The average Bonchev–Trinajstić information content (AvgIpc) is 2.58. The Hall–Kier alpha value is -2.11. The van der Waals surface area contributed by atoms with Crippen molar-refractivity contribution in [3.8, 4) is 11.9 Å². The van der Waals surface area contributed by atoms with Gasteiger partial charge in [-0.1, -0.05) is 0 Å². The molecule has 0 aliphatic heterocycles. The number of ether oxygens (including phenoxy) is 1. The third-order valence-corrected chi connectivity index (χ3v) is 1.88. The fourth-order valence-corrected chi connectivity index (χ4v) is 1.07. The van der Waals surface area contributed by atoms with E-state index in [0.29, 0.717) is 11.6 Å². The SMILES string of the molecule is Cc1nc(Oc2ncn(C)n2)ccc1N. The number of hydrogen-bond acceptors (Lipinski definition) is 5. The van der Waals surface area contributed by atoms with Crippen LogP contribution in [0.15, 0.2) is 18.5 Å². The molecule has 0 saturated carbocycles. The number of hydrogen-bond donors (Lipinski definition) is 1. The lowest BCUT2D eigenvalue weighted by Gasteiger charge is -2.02. The largest absolute Gasteiger partial charge is 0.404 e. The van der Waals surface area contributed by atoms with Crippen LogP contribution in [0.1, 0.15) is 5.69 Å². The van der Waals surface area contributed by atoms with Gasteiger partial charge in [0, 0.05) is 13.1 Å². The second-order valence-electron chi connectivity index (χ2n) is 3.13. The Kier molecular flexibility index (Phi) is 2.24. The summed E-state index contributed by atoms with van der Waals surface area (Å²) in [5, 5.41) is 3.97. The molecule has 6 nitrogen and oxygen atoms in total. The van der Waals surface area contributed by atoms with Gasteiger partial charge in [0.2, 0.25) is 5.88 Å². The summed E-state index contributed by atoms with van der Waals surface area (Å²) in [6.07, 6.45) is 1.56. The second kappa shape index (κ2) is 3.56. The minimum absolute atomic E-state index is 0.272. The highest BCUT2D eigenvalue weighted by Crippen LogP contribution is 2.17. The van der Waals surface area contributed by atoms with Gasteiger partial charge in [-0.05, 0) is 13.0 Å². The van der Waals surface area contributed by atoms with E-state index in [-0.39, 0.29) is 6.01 Å². The van der Waals surface area contributed by atoms with Crippen molar-refractivity contribution in [3.05, 3.63) is 24.2 Å². The summed E-state index contributed by atoms with van der Waals surface area (Å²) in [6, 6.07) is 3.69. The maximum absolute atomic E-state index is 5.63. The third kappa shape index (κ3) is 2.04. The lowest BCUT2D eigenvalue weighted by Crippen LogP contribution is -1.96. The van der Waals surface area contributed by atoms with Crippen molar-refractivity contribution in [1.82, 2.24) is 19.7 Å². The van der Waals surface area contributed by atoms with Crippen LogP contribution in [0.25, 0.3) is 0 Å². The number of aromatic nitrogens is 4. The Morgan fingerprint density at radius 1 is 1.40 bits per heavy atom. The van der Waals surface area contributed by atoms with E-state index in [4.69, 9.17) is 10.5 Å². The van der Waals surface area contributed by atoms with Crippen LogP contribution in [-0.4, -0.2) is 19.7 Å². The smallest absolute Gasteiger partial charge is 0.342 e. The van der Waals surface area contributed by atoms with Gasteiger partial charge in [-0.25, -0.2) is 4.98 Å². The molecule has 0 fully saturated rings. The predicted molar refractivity (Wildman–Crippen MR) is 54.5 cm³/mol. The summed E-state index contributed by atoms with van der Waals surface area (Å²) in [5.74, 6) is 0.438. The molecule has 0 saturated heterocycles. The molecule has 0 radical (unpaired) electrons. The van der Waals surface area contributed by atoms with Crippen molar-refractivity contribution in [1.29, 1.82) is 0 Å². The first-order valence-corrected chi connectivity index (χ1v) is 4.42. The zero-order chi connectivity index (χ0) is 10.8. The third-order valence-electron chi connectivity index (χ3n) is 1.88. The molecule has 0 aliphatic rings. The quantitative estimate of drug-likeness (QED) is 0.787. The summed E-state index contributed by atoms with van der Waals surface area (Å²) in [6.45, 7) is 1.81. The number of nitrogen functional groups attached to an aromatic ring is 1. The van der Waals surface area contributed by atoms with Crippen LogP contribution < -0.4 is 10.5 Å². The first kappa shape index (κ1) is 9.45. The summed E-state index contributed by atoms with van der Waals surface area (Å²) in [4.78, 5) is 8.06. The second-order valence-corrected chi connectivity index (χ2v) is 3.13. The summed E-state index contributed by atoms with van der Waals surface area (Å²) in [5.41, 5.74) is 6.99.